The Kier molecular flexibility index (Phi) is 6.04. The molecule has 3 heterocycles. The number of hydrogen-bond acceptors (Lipinski definition) is 4. The van der Waals surface area contributed by atoms with Crippen LogP contribution in [0.3, 0.4) is 0 Å². The molecule has 2 aromatic rings. The van der Waals surface area contributed by atoms with Crippen molar-refractivity contribution in [3.63, 3.8) is 0 Å². The third-order valence-corrected chi connectivity index (χ3v) is 6.76. The van der Waals surface area contributed by atoms with Gasteiger partial charge in [-0.2, -0.15) is 5.10 Å². The molecule has 1 fully saturated rings. The Labute approximate surface area is 178 Å². The Hall–Kier alpha value is -2.47. The van der Waals surface area contributed by atoms with E-state index in [-0.39, 0.29) is 11.7 Å². The molecule has 1 aromatic carbocycles. The number of likely N-dealkylation sites (tertiary alicyclic amines) is 1. The zero-order chi connectivity index (χ0) is 21.3. The molecule has 1 aromatic heterocycles. The summed E-state index contributed by atoms with van der Waals surface area (Å²) >= 11 is 0. The molecule has 0 unspecified atom stereocenters. The van der Waals surface area contributed by atoms with Crippen molar-refractivity contribution in [2.75, 3.05) is 19.6 Å². The highest BCUT2D eigenvalue weighted by Crippen LogP contribution is 2.25. The number of amides is 1. The van der Waals surface area contributed by atoms with Crippen LogP contribution in [0, 0.1) is 13.8 Å². The number of nitrogens with zero attached hydrogens (tertiary/aromatic N) is 4. The summed E-state index contributed by atoms with van der Waals surface area (Å²) in [6, 6.07) is 9.32. The molecule has 0 bridgehead atoms. The molecule has 1 saturated heterocycles. The first kappa shape index (κ1) is 20.8. The van der Waals surface area contributed by atoms with Crippen molar-refractivity contribution < 1.29 is 9.59 Å². The molecule has 0 atom stereocenters. The molecule has 0 spiro atoms. The van der Waals surface area contributed by atoms with Crippen LogP contribution in [0.5, 0.6) is 0 Å². The number of ketones is 1. The Balaban J connectivity index is 1.28. The van der Waals surface area contributed by atoms with Gasteiger partial charge in [0.25, 0.3) is 0 Å². The van der Waals surface area contributed by atoms with Crippen molar-refractivity contribution in [1.82, 2.24) is 19.6 Å². The summed E-state index contributed by atoms with van der Waals surface area (Å²) in [4.78, 5) is 29.1. The zero-order valence-electron chi connectivity index (χ0n) is 18.4. The first-order chi connectivity index (χ1) is 14.4. The molecule has 6 heteroatoms. The van der Waals surface area contributed by atoms with Crippen LogP contribution in [0.25, 0.3) is 0 Å². The third kappa shape index (κ3) is 4.19. The Morgan fingerprint density at radius 2 is 1.77 bits per heavy atom. The SMILES string of the molecule is CC(=O)c1c(C)nn(CCC(=O)N2CCC(N3CCc4ccccc4C3)CC2)c1C. The summed E-state index contributed by atoms with van der Waals surface area (Å²) in [7, 11) is 0. The quantitative estimate of drug-likeness (QED) is 0.713. The van der Waals surface area contributed by atoms with E-state index in [9.17, 15) is 9.59 Å². The Morgan fingerprint density at radius 3 is 2.43 bits per heavy atom. The van der Waals surface area contributed by atoms with Crippen molar-refractivity contribution in [1.29, 1.82) is 0 Å². The van der Waals surface area contributed by atoms with Gasteiger partial charge in [0, 0.05) is 50.9 Å². The van der Waals surface area contributed by atoms with E-state index >= 15 is 0 Å². The molecule has 2 aliphatic heterocycles. The number of rotatable bonds is 5. The second kappa shape index (κ2) is 8.72. The molecule has 0 saturated carbocycles. The van der Waals surface area contributed by atoms with Crippen LogP contribution >= 0.6 is 0 Å². The minimum atomic E-state index is 0.0324. The second-order valence-electron chi connectivity index (χ2n) is 8.68. The van der Waals surface area contributed by atoms with Gasteiger partial charge < -0.3 is 4.90 Å². The van der Waals surface area contributed by atoms with Gasteiger partial charge >= 0.3 is 0 Å². The molecule has 0 radical (unpaired) electrons. The normalized spacial score (nSPS) is 17.8. The Morgan fingerprint density at radius 1 is 1.07 bits per heavy atom. The van der Waals surface area contributed by atoms with Gasteiger partial charge in [-0.1, -0.05) is 24.3 Å². The predicted molar refractivity (Wildman–Crippen MR) is 116 cm³/mol. The highest BCUT2D eigenvalue weighted by molar-refractivity contribution is 5.96. The summed E-state index contributed by atoms with van der Waals surface area (Å²) in [5.74, 6) is 0.222. The highest BCUT2D eigenvalue weighted by atomic mass is 16.2. The largest absolute Gasteiger partial charge is 0.343 e. The topological polar surface area (TPSA) is 58.4 Å². The molecular formula is C24H32N4O2. The molecule has 0 aliphatic carbocycles. The summed E-state index contributed by atoms with van der Waals surface area (Å²) in [5.41, 5.74) is 5.23. The van der Waals surface area contributed by atoms with E-state index in [1.54, 1.807) is 6.92 Å². The monoisotopic (exact) mass is 408 g/mol. The maximum atomic E-state index is 12.8. The van der Waals surface area contributed by atoms with Crippen LogP contribution in [-0.2, 0) is 24.3 Å². The van der Waals surface area contributed by atoms with E-state index in [4.69, 9.17) is 0 Å². The zero-order valence-corrected chi connectivity index (χ0v) is 18.4. The number of aromatic nitrogens is 2. The number of Topliss-reactive ketones (excluding diaryl/α,β-unsaturated/α-hetero) is 1. The summed E-state index contributed by atoms with van der Waals surface area (Å²) in [6.45, 7) is 9.67. The first-order valence-corrected chi connectivity index (χ1v) is 11.1. The van der Waals surface area contributed by atoms with Gasteiger partial charge in [-0.05, 0) is 51.2 Å². The fourth-order valence-electron chi connectivity index (χ4n) is 5.09. The van der Waals surface area contributed by atoms with Crippen molar-refractivity contribution >= 4 is 11.7 Å². The number of fused-ring (bicyclic) bond motifs is 1. The number of carbonyl (C=O) groups is 2. The van der Waals surface area contributed by atoms with Crippen LogP contribution in [0.4, 0.5) is 0 Å². The number of aryl methyl sites for hydroxylation is 2. The van der Waals surface area contributed by atoms with Gasteiger partial charge in [-0.25, -0.2) is 0 Å². The van der Waals surface area contributed by atoms with E-state index in [2.05, 4.69) is 34.3 Å². The van der Waals surface area contributed by atoms with E-state index < -0.39 is 0 Å². The van der Waals surface area contributed by atoms with Crippen LogP contribution in [0.1, 0.15) is 59.1 Å². The predicted octanol–water partition coefficient (Wildman–Crippen LogP) is 3.14. The van der Waals surface area contributed by atoms with Crippen LogP contribution in [-0.4, -0.2) is 56.9 Å². The van der Waals surface area contributed by atoms with Gasteiger partial charge in [0.05, 0.1) is 11.3 Å². The lowest BCUT2D eigenvalue weighted by atomic mass is 9.95. The van der Waals surface area contributed by atoms with Crippen molar-refractivity contribution in [3.05, 3.63) is 52.3 Å². The molecule has 1 amide bonds. The van der Waals surface area contributed by atoms with E-state index in [0.29, 0.717) is 24.6 Å². The minimum absolute atomic E-state index is 0.0324. The minimum Gasteiger partial charge on any atom is -0.343 e. The van der Waals surface area contributed by atoms with Crippen molar-refractivity contribution in [3.8, 4) is 0 Å². The van der Waals surface area contributed by atoms with Crippen molar-refractivity contribution in [2.45, 2.75) is 65.6 Å². The standard InChI is InChI=1S/C24H32N4O2/c1-17-24(19(3)29)18(2)28(25-17)15-11-23(30)26-13-9-22(10-14-26)27-12-8-20-6-4-5-7-21(20)16-27/h4-7,22H,8-16H2,1-3H3. The van der Waals surface area contributed by atoms with Gasteiger partial charge in [-0.3, -0.25) is 19.2 Å². The molecule has 4 rings (SSSR count). The Bertz CT molecular complexity index is 941. The van der Waals surface area contributed by atoms with Crippen molar-refractivity contribution in [2.24, 2.45) is 0 Å². The van der Waals surface area contributed by atoms with E-state index in [1.807, 2.05) is 23.4 Å². The number of hydrogen-bond donors (Lipinski definition) is 0. The summed E-state index contributed by atoms with van der Waals surface area (Å²) in [5, 5.41) is 4.46. The first-order valence-electron chi connectivity index (χ1n) is 11.1. The van der Waals surface area contributed by atoms with Gasteiger partial charge in [0.2, 0.25) is 5.91 Å². The molecule has 6 nitrogen and oxygen atoms in total. The fraction of sp³-hybridized carbons (Fsp3) is 0.542. The second-order valence-corrected chi connectivity index (χ2v) is 8.68. The number of piperidine rings is 1. The van der Waals surface area contributed by atoms with E-state index in [0.717, 1.165) is 56.8 Å². The number of carbonyl (C=O) groups excluding carboxylic acids is 2. The summed E-state index contributed by atoms with van der Waals surface area (Å²) in [6.07, 6.45) is 3.64. The highest BCUT2D eigenvalue weighted by Gasteiger charge is 2.29. The third-order valence-electron chi connectivity index (χ3n) is 6.76. The lowest BCUT2D eigenvalue weighted by molar-refractivity contribution is -0.133. The summed E-state index contributed by atoms with van der Waals surface area (Å²) < 4.78 is 1.81. The van der Waals surface area contributed by atoms with Crippen LogP contribution in [0.15, 0.2) is 24.3 Å². The average Bonchev–Trinajstić information content (AvgIpc) is 3.05. The smallest absolute Gasteiger partial charge is 0.224 e. The van der Waals surface area contributed by atoms with Gasteiger partial charge in [-0.15, -0.1) is 0 Å². The van der Waals surface area contributed by atoms with Crippen LogP contribution in [0.2, 0.25) is 0 Å². The lowest BCUT2D eigenvalue weighted by Crippen LogP contribution is -2.48. The maximum Gasteiger partial charge on any atom is 0.224 e. The molecule has 0 N–H and O–H groups in total. The molecule has 160 valence electrons. The molecule has 2 aliphatic rings. The number of benzene rings is 1. The van der Waals surface area contributed by atoms with Crippen LogP contribution < -0.4 is 0 Å². The van der Waals surface area contributed by atoms with Gasteiger partial charge in [0.15, 0.2) is 5.78 Å². The average molecular weight is 409 g/mol. The molecule has 30 heavy (non-hydrogen) atoms. The van der Waals surface area contributed by atoms with Gasteiger partial charge in [0.1, 0.15) is 0 Å². The fourth-order valence-corrected chi connectivity index (χ4v) is 5.09. The lowest BCUT2D eigenvalue weighted by Gasteiger charge is -2.40. The molecular weight excluding hydrogens is 376 g/mol. The van der Waals surface area contributed by atoms with E-state index in [1.165, 1.54) is 11.1 Å². The maximum absolute atomic E-state index is 12.8.